The van der Waals surface area contributed by atoms with Crippen LogP contribution in [0, 0.1) is 0 Å². The smallest absolute Gasteiger partial charge is 0.0658 e. The first-order valence-corrected chi connectivity index (χ1v) is 8.10. The van der Waals surface area contributed by atoms with Gasteiger partial charge in [-0.3, -0.25) is 5.32 Å². The van der Waals surface area contributed by atoms with Crippen LogP contribution in [0.1, 0.15) is 0 Å². The highest BCUT2D eigenvalue weighted by atomic mass is 15.0. The fraction of sp³-hybridized carbons (Fsp3) is 0.100. The van der Waals surface area contributed by atoms with E-state index in [1.807, 2.05) is 12.2 Å². The van der Waals surface area contributed by atoms with Gasteiger partial charge < -0.3 is 4.98 Å². The number of aromatic nitrogens is 1. The Morgan fingerprint density at radius 2 is 1.25 bits per heavy atom. The van der Waals surface area contributed by atoms with E-state index in [4.69, 9.17) is 0 Å². The van der Waals surface area contributed by atoms with Crippen LogP contribution in [0.15, 0.2) is 82.1 Å². The molecule has 24 heavy (non-hydrogen) atoms. The minimum Gasteiger partial charge on any atom is -0.355 e. The molecule has 0 saturated heterocycles. The molecular formula is C20H16N4. The lowest BCUT2D eigenvalue weighted by molar-refractivity contribution is 0.699. The molecule has 5 rings (SSSR count). The predicted octanol–water partition coefficient (Wildman–Crippen LogP) is 1.28. The Hall–Kier alpha value is -2.98. The van der Waals surface area contributed by atoms with Crippen LogP contribution in [0.2, 0.25) is 0 Å². The van der Waals surface area contributed by atoms with Gasteiger partial charge in [0.1, 0.15) is 0 Å². The van der Waals surface area contributed by atoms with Gasteiger partial charge in [-0.1, -0.05) is 12.2 Å². The van der Waals surface area contributed by atoms with Gasteiger partial charge >= 0.3 is 0 Å². The molecule has 4 heteroatoms. The molecule has 0 aliphatic carbocycles. The first-order chi connectivity index (χ1) is 11.8. The summed E-state index contributed by atoms with van der Waals surface area (Å²) in [6, 6.07) is 4.51. The van der Waals surface area contributed by atoms with Gasteiger partial charge in [-0.05, 0) is 60.7 Å². The van der Waals surface area contributed by atoms with Crippen LogP contribution in [0.4, 0.5) is 0 Å². The average Bonchev–Trinajstić information content (AvgIpc) is 3.32. The number of allylic oxidation sites excluding steroid dienone is 4. The van der Waals surface area contributed by atoms with Gasteiger partial charge in [0.2, 0.25) is 0 Å². The molecule has 1 aromatic heterocycles. The van der Waals surface area contributed by atoms with E-state index >= 15 is 0 Å². The van der Waals surface area contributed by atoms with Crippen LogP contribution in [-0.4, -0.2) is 28.5 Å². The molecule has 116 valence electrons. The molecular weight excluding hydrogens is 296 g/mol. The number of hydrogen-bond acceptors (Lipinski definition) is 3. The predicted molar refractivity (Wildman–Crippen MR) is 98.1 cm³/mol. The normalized spacial score (nSPS) is 33.7. The quantitative estimate of drug-likeness (QED) is 0.697. The van der Waals surface area contributed by atoms with Crippen LogP contribution < -0.4 is 16.0 Å². The Morgan fingerprint density at radius 3 is 1.79 bits per heavy atom. The van der Waals surface area contributed by atoms with Gasteiger partial charge in [-0.15, -0.1) is 0 Å². The van der Waals surface area contributed by atoms with E-state index in [1.54, 1.807) is 0 Å². The Bertz CT molecular complexity index is 957. The number of fused-ring (bicyclic) bond motifs is 6. The summed E-state index contributed by atoms with van der Waals surface area (Å²) in [6.07, 6.45) is 20.9. The average molecular weight is 312 g/mol. The maximum absolute atomic E-state index is 4.66. The minimum absolute atomic E-state index is 0.194. The van der Waals surface area contributed by atoms with Crippen molar-refractivity contribution >= 4 is 23.6 Å². The van der Waals surface area contributed by atoms with E-state index < -0.39 is 0 Å². The van der Waals surface area contributed by atoms with Crippen molar-refractivity contribution < 1.29 is 0 Å². The van der Waals surface area contributed by atoms with Gasteiger partial charge in [-0.2, -0.15) is 0 Å². The maximum Gasteiger partial charge on any atom is 0.0658 e. The number of H-pyrrole nitrogens is 1. The van der Waals surface area contributed by atoms with E-state index in [1.165, 1.54) is 0 Å². The summed E-state index contributed by atoms with van der Waals surface area (Å²) in [5.74, 6) is 0. The summed E-state index contributed by atoms with van der Waals surface area (Å²) in [6.45, 7) is 0. The molecule has 1 aromatic rings. The zero-order valence-electron chi connectivity index (χ0n) is 13.0. The molecule has 0 spiro atoms. The molecule has 0 saturated carbocycles. The SMILES string of the molecule is C1=C/C2=C/C3C=CC(/C=C4/C=CC(=N4)/C=c4/cc/c([nH]4)=C/C1=N2)N3. The Balaban J connectivity index is 1.65. The number of nitrogens with zero attached hydrogens (tertiary/aromatic N) is 2. The van der Waals surface area contributed by atoms with Crippen LogP contribution in [-0.2, 0) is 0 Å². The molecule has 0 aromatic carbocycles. The van der Waals surface area contributed by atoms with Gasteiger partial charge in [0, 0.05) is 22.8 Å². The van der Waals surface area contributed by atoms with Crippen molar-refractivity contribution in [2.75, 3.05) is 0 Å². The minimum atomic E-state index is 0.194. The zero-order valence-corrected chi connectivity index (χ0v) is 13.0. The second-order valence-electron chi connectivity index (χ2n) is 6.18. The topological polar surface area (TPSA) is 52.5 Å². The fourth-order valence-electron chi connectivity index (χ4n) is 3.20. The second kappa shape index (κ2) is 5.28. The van der Waals surface area contributed by atoms with Crippen LogP contribution in [0.3, 0.4) is 0 Å². The van der Waals surface area contributed by atoms with Crippen LogP contribution in [0.25, 0.3) is 12.2 Å². The van der Waals surface area contributed by atoms with E-state index in [9.17, 15) is 0 Å². The molecule has 0 fully saturated rings. The number of nitrogens with one attached hydrogen (secondary N) is 2. The summed E-state index contributed by atoms with van der Waals surface area (Å²) in [7, 11) is 0. The highest BCUT2D eigenvalue weighted by Gasteiger charge is 2.16. The van der Waals surface area contributed by atoms with Crippen LogP contribution in [0.5, 0.6) is 0 Å². The monoisotopic (exact) mass is 312 g/mol. The number of hydrogen-bond donors (Lipinski definition) is 2. The van der Waals surface area contributed by atoms with Crippen molar-refractivity contribution in [3.05, 3.63) is 82.8 Å². The standard InChI is InChI=1S/C20H16N4/c1-2-14-10-16-5-6-18(23-16)12-20-8-7-19(24-20)11-17-4-3-15(22-17)9-13(1)21-14/h1-14,21,24H/b15-9-,16-10-,19-11-,20-12-. The van der Waals surface area contributed by atoms with Crippen molar-refractivity contribution in [3.8, 4) is 0 Å². The molecule has 4 nitrogen and oxygen atoms in total. The third kappa shape index (κ3) is 2.57. The summed E-state index contributed by atoms with van der Waals surface area (Å²) in [4.78, 5) is 12.7. The van der Waals surface area contributed by atoms with E-state index in [2.05, 4.69) is 81.0 Å². The highest BCUT2D eigenvalue weighted by molar-refractivity contribution is 6.20. The van der Waals surface area contributed by atoms with E-state index in [-0.39, 0.29) is 12.1 Å². The number of aliphatic imine (C=N–C) groups is 2. The lowest BCUT2D eigenvalue weighted by Crippen LogP contribution is -2.27. The molecule has 2 unspecified atom stereocenters. The first-order valence-electron chi connectivity index (χ1n) is 8.10. The summed E-state index contributed by atoms with van der Waals surface area (Å²) < 4.78 is 0. The summed E-state index contributed by atoms with van der Waals surface area (Å²) in [5, 5.41) is 5.62. The van der Waals surface area contributed by atoms with Crippen molar-refractivity contribution in [2.24, 2.45) is 9.98 Å². The van der Waals surface area contributed by atoms with Gasteiger partial charge in [0.05, 0.1) is 22.8 Å². The van der Waals surface area contributed by atoms with E-state index in [0.717, 1.165) is 33.5 Å². The number of rotatable bonds is 0. The number of aromatic amines is 1. The molecule has 4 aliphatic rings. The molecule has 0 amide bonds. The van der Waals surface area contributed by atoms with Crippen molar-refractivity contribution in [1.29, 1.82) is 0 Å². The Labute approximate surface area is 139 Å². The van der Waals surface area contributed by atoms with Gasteiger partial charge in [-0.25, -0.2) is 9.98 Å². The third-order valence-corrected chi connectivity index (χ3v) is 4.32. The molecule has 2 atom stereocenters. The lowest BCUT2D eigenvalue weighted by atomic mass is 10.2. The summed E-state index contributed by atoms with van der Waals surface area (Å²) in [5.41, 5.74) is 3.90. The van der Waals surface area contributed by atoms with Gasteiger partial charge in [0.25, 0.3) is 0 Å². The van der Waals surface area contributed by atoms with Crippen molar-refractivity contribution in [1.82, 2.24) is 10.3 Å². The van der Waals surface area contributed by atoms with Crippen molar-refractivity contribution in [2.45, 2.75) is 12.1 Å². The van der Waals surface area contributed by atoms with E-state index in [0.29, 0.717) is 0 Å². The molecule has 2 N–H and O–H groups in total. The Morgan fingerprint density at radius 1 is 0.708 bits per heavy atom. The second-order valence-corrected chi connectivity index (χ2v) is 6.18. The molecule has 5 heterocycles. The summed E-state index contributed by atoms with van der Waals surface area (Å²) >= 11 is 0. The van der Waals surface area contributed by atoms with Crippen LogP contribution >= 0.6 is 0 Å². The largest absolute Gasteiger partial charge is 0.355 e. The molecule has 8 bridgehead atoms. The zero-order chi connectivity index (χ0) is 15.9. The van der Waals surface area contributed by atoms with Crippen molar-refractivity contribution in [3.63, 3.8) is 0 Å². The lowest BCUT2D eigenvalue weighted by Gasteiger charge is -2.08. The van der Waals surface area contributed by atoms with Gasteiger partial charge in [0.15, 0.2) is 0 Å². The third-order valence-electron chi connectivity index (χ3n) is 4.32. The maximum atomic E-state index is 4.66. The highest BCUT2D eigenvalue weighted by Crippen LogP contribution is 2.16. The fourth-order valence-corrected chi connectivity index (χ4v) is 3.20. The first kappa shape index (κ1) is 13.5. The Kier molecular flexibility index (Phi) is 2.96. The molecule has 4 aliphatic heterocycles. The molecule has 0 radical (unpaired) electrons.